The number of carbonyl (C=O) groups is 1. The molecule has 76 valence electrons. The standard InChI is InChI=1S/C11H13FO2/c1-8(6-11(13)14)10-4-2-9(7-12)3-5-10/h2-5,8H,6-7H2,1H3,(H,13,14). The predicted octanol–water partition coefficient (Wildman–Crippen LogP) is 2.73. The summed E-state index contributed by atoms with van der Waals surface area (Å²) in [6.07, 6.45) is 0.106. The van der Waals surface area contributed by atoms with Crippen molar-refractivity contribution in [2.45, 2.75) is 25.9 Å². The van der Waals surface area contributed by atoms with Crippen molar-refractivity contribution in [3.05, 3.63) is 35.4 Å². The van der Waals surface area contributed by atoms with Crippen LogP contribution in [0.2, 0.25) is 0 Å². The first kappa shape index (κ1) is 10.7. The Morgan fingerprint density at radius 3 is 2.43 bits per heavy atom. The van der Waals surface area contributed by atoms with E-state index in [1.165, 1.54) is 0 Å². The summed E-state index contributed by atoms with van der Waals surface area (Å²) >= 11 is 0. The zero-order valence-corrected chi connectivity index (χ0v) is 8.03. The van der Waals surface area contributed by atoms with Crippen LogP contribution in [0.25, 0.3) is 0 Å². The van der Waals surface area contributed by atoms with Crippen LogP contribution in [0.5, 0.6) is 0 Å². The van der Waals surface area contributed by atoms with Crippen molar-refractivity contribution in [2.24, 2.45) is 0 Å². The topological polar surface area (TPSA) is 37.3 Å². The second-order valence-corrected chi connectivity index (χ2v) is 3.37. The third-order valence-electron chi connectivity index (χ3n) is 2.18. The van der Waals surface area contributed by atoms with Crippen molar-refractivity contribution in [1.29, 1.82) is 0 Å². The Morgan fingerprint density at radius 2 is 2.00 bits per heavy atom. The molecular weight excluding hydrogens is 183 g/mol. The summed E-state index contributed by atoms with van der Waals surface area (Å²) in [6.45, 7) is 1.37. The zero-order valence-electron chi connectivity index (χ0n) is 8.03. The van der Waals surface area contributed by atoms with Crippen LogP contribution in [0.3, 0.4) is 0 Å². The second kappa shape index (κ2) is 4.74. The number of carboxylic acid groups (broad SMARTS) is 1. The lowest BCUT2D eigenvalue weighted by atomic mass is 9.97. The quantitative estimate of drug-likeness (QED) is 0.803. The molecule has 0 aliphatic rings. The maximum atomic E-state index is 12.2. The molecule has 1 rings (SSSR count). The Bertz CT molecular complexity index is 306. The van der Waals surface area contributed by atoms with Crippen LogP contribution in [0.1, 0.15) is 30.4 Å². The van der Waals surface area contributed by atoms with Gasteiger partial charge in [0, 0.05) is 0 Å². The fraction of sp³-hybridized carbons (Fsp3) is 0.364. The largest absolute Gasteiger partial charge is 0.481 e. The van der Waals surface area contributed by atoms with Crippen molar-refractivity contribution in [2.75, 3.05) is 0 Å². The average molecular weight is 196 g/mol. The number of hydrogen-bond donors (Lipinski definition) is 1. The molecule has 1 unspecified atom stereocenters. The Hall–Kier alpha value is -1.38. The van der Waals surface area contributed by atoms with E-state index in [4.69, 9.17) is 5.11 Å². The summed E-state index contributed by atoms with van der Waals surface area (Å²) in [5.74, 6) is -0.840. The molecule has 2 nitrogen and oxygen atoms in total. The summed E-state index contributed by atoms with van der Waals surface area (Å²) in [5, 5.41) is 8.59. The fourth-order valence-corrected chi connectivity index (χ4v) is 1.32. The number of alkyl halides is 1. The van der Waals surface area contributed by atoms with Crippen LogP contribution in [-0.4, -0.2) is 11.1 Å². The molecule has 14 heavy (non-hydrogen) atoms. The molecule has 1 aromatic rings. The number of halogens is 1. The monoisotopic (exact) mass is 196 g/mol. The van der Waals surface area contributed by atoms with E-state index in [0.29, 0.717) is 5.56 Å². The van der Waals surface area contributed by atoms with Gasteiger partial charge < -0.3 is 5.11 Å². The van der Waals surface area contributed by atoms with Crippen molar-refractivity contribution < 1.29 is 14.3 Å². The van der Waals surface area contributed by atoms with Gasteiger partial charge in [-0.3, -0.25) is 4.79 Å². The minimum Gasteiger partial charge on any atom is -0.481 e. The van der Waals surface area contributed by atoms with E-state index in [9.17, 15) is 9.18 Å². The molecule has 0 fully saturated rings. The molecule has 0 saturated carbocycles. The number of benzene rings is 1. The molecule has 0 aromatic heterocycles. The van der Waals surface area contributed by atoms with Gasteiger partial charge in [-0.15, -0.1) is 0 Å². The Kier molecular flexibility index (Phi) is 3.63. The van der Waals surface area contributed by atoms with E-state index < -0.39 is 12.6 Å². The highest BCUT2D eigenvalue weighted by atomic mass is 19.1. The molecule has 3 heteroatoms. The van der Waals surface area contributed by atoms with E-state index in [0.717, 1.165) is 5.56 Å². The van der Waals surface area contributed by atoms with E-state index in [2.05, 4.69) is 0 Å². The first-order valence-corrected chi connectivity index (χ1v) is 4.50. The van der Waals surface area contributed by atoms with Crippen LogP contribution in [0.15, 0.2) is 24.3 Å². The van der Waals surface area contributed by atoms with Gasteiger partial charge in [0.05, 0.1) is 6.42 Å². The maximum absolute atomic E-state index is 12.2. The molecule has 1 atom stereocenters. The molecule has 1 aromatic carbocycles. The predicted molar refractivity (Wildman–Crippen MR) is 51.9 cm³/mol. The lowest BCUT2D eigenvalue weighted by Crippen LogP contribution is -2.02. The Labute approximate surface area is 82.4 Å². The van der Waals surface area contributed by atoms with Gasteiger partial charge >= 0.3 is 5.97 Å². The van der Waals surface area contributed by atoms with Crippen LogP contribution in [0.4, 0.5) is 4.39 Å². The molecule has 0 bridgehead atoms. The Balaban J connectivity index is 2.71. The molecule has 0 saturated heterocycles. The summed E-state index contributed by atoms with van der Waals surface area (Å²) in [5.41, 5.74) is 1.56. The summed E-state index contributed by atoms with van der Waals surface area (Å²) in [6, 6.07) is 6.94. The lowest BCUT2D eigenvalue weighted by molar-refractivity contribution is -0.137. The molecule has 0 aliphatic carbocycles. The number of aliphatic carboxylic acids is 1. The third-order valence-corrected chi connectivity index (χ3v) is 2.18. The highest BCUT2D eigenvalue weighted by molar-refractivity contribution is 5.67. The molecule has 0 heterocycles. The minimum atomic E-state index is -0.813. The van der Waals surface area contributed by atoms with Crippen molar-refractivity contribution in [1.82, 2.24) is 0 Å². The van der Waals surface area contributed by atoms with Gasteiger partial charge in [0.2, 0.25) is 0 Å². The van der Waals surface area contributed by atoms with Crippen molar-refractivity contribution in [3.8, 4) is 0 Å². The van der Waals surface area contributed by atoms with Crippen LogP contribution < -0.4 is 0 Å². The first-order chi connectivity index (χ1) is 6.63. The number of hydrogen-bond acceptors (Lipinski definition) is 1. The van der Waals surface area contributed by atoms with E-state index in [1.54, 1.807) is 24.3 Å². The van der Waals surface area contributed by atoms with E-state index in [1.807, 2.05) is 6.92 Å². The molecule has 1 N–H and O–H groups in total. The minimum absolute atomic E-state index is 0.0267. The van der Waals surface area contributed by atoms with E-state index in [-0.39, 0.29) is 12.3 Å². The van der Waals surface area contributed by atoms with Gasteiger partial charge in [0.25, 0.3) is 0 Å². The van der Waals surface area contributed by atoms with Crippen LogP contribution in [-0.2, 0) is 11.5 Å². The fourth-order valence-electron chi connectivity index (χ4n) is 1.32. The van der Waals surface area contributed by atoms with E-state index >= 15 is 0 Å². The smallest absolute Gasteiger partial charge is 0.303 e. The van der Waals surface area contributed by atoms with Crippen molar-refractivity contribution >= 4 is 5.97 Å². The summed E-state index contributed by atoms with van der Waals surface area (Å²) in [7, 11) is 0. The Morgan fingerprint density at radius 1 is 1.43 bits per heavy atom. The van der Waals surface area contributed by atoms with Gasteiger partial charge in [-0.25, -0.2) is 4.39 Å². The van der Waals surface area contributed by atoms with Gasteiger partial charge in [0.1, 0.15) is 6.67 Å². The number of rotatable bonds is 4. The molecule has 0 spiro atoms. The van der Waals surface area contributed by atoms with Crippen LogP contribution in [0, 0.1) is 0 Å². The zero-order chi connectivity index (χ0) is 10.6. The number of carboxylic acids is 1. The average Bonchev–Trinajstić information content (AvgIpc) is 2.17. The van der Waals surface area contributed by atoms with Gasteiger partial charge in [-0.1, -0.05) is 31.2 Å². The molecule has 0 radical (unpaired) electrons. The lowest BCUT2D eigenvalue weighted by Gasteiger charge is -2.08. The van der Waals surface area contributed by atoms with Crippen LogP contribution >= 0.6 is 0 Å². The van der Waals surface area contributed by atoms with Gasteiger partial charge in [-0.2, -0.15) is 0 Å². The third kappa shape index (κ3) is 2.83. The van der Waals surface area contributed by atoms with Gasteiger partial charge in [-0.05, 0) is 17.0 Å². The highest BCUT2D eigenvalue weighted by Gasteiger charge is 2.09. The van der Waals surface area contributed by atoms with Gasteiger partial charge in [0.15, 0.2) is 0 Å². The summed E-state index contributed by atoms with van der Waals surface area (Å²) in [4.78, 5) is 10.4. The highest BCUT2D eigenvalue weighted by Crippen LogP contribution is 2.19. The molecular formula is C11H13FO2. The summed E-state index contributed by atoms with van der Waals surface area (Å²) < 4.78 is 12.2. The SMILES string of the molecule is CC(CC(=O)O)c1ccc(CF)cc1. The second-order valence-electron chi connectivity index (χ2n) is 3.37. The molecule has 0 aliphatic heterocycles. The maximum Gasteiger partial charge on any atom is 0.303 e. The first-order valence-electron chi connectivity index (χ1n) is 4.50. The molecule has 0 amide bonds. The van der Waals surface area contributed by atoms with Crippen molar-refractivity contribution in [3.63, 3.8) is 0 Å². The normalized spacial score (nSPS) is 12.4.